The van der Waals surface area contributed by atoms with Crippen LogP contribution in [0, 0.1) is 6.92 Å². The normalized spacial score (nSPS) is 9.76. The highest BCUT2D eigenvalue weighted by molar-refractivity contribution is 5.99. The van der Waals surface area contributed by atoms with Gasteiger partial charge in [0, 0.05) is 0 Å². The smallest absolute Gasteiger partial charge is 0.411 e. The van der Waals surface area contributed by atoms with E-state index in [0.717, 1.165) is 0 Å². The van der Waals surface area contributed by atoms with E-state index >= 15 is 0 Å². The number of carboxylic acids is 1. The molecule has 0 radical (unpaired) electrons. The summed E-state index contributed by atoms with van der Waals surface area (Å²) in [6.07, 6.45) is 0.0764. The van der Waals surface area contributed by atoms with Crippen LogP contribution in [0.25, 0.3) is 0 Å². The number of aryl methyl sites for hydroxylation is 1. The number of anilines is 1. The van der Waals surface area contributed by atoms with Crippen LogP contribution in [0.1, 0.15) is 29.3 Å². The van der Waals surface area contributed by atoms with Crippen molar-refractivity contribution in [2.45, 2.75) is 20.3 Å². The zero-order valence-electron chi connectivity index (χ0n) is 9.82. The van der Waals surface area contributed by atoms with E-state index in [1.165, 1.54) is 6.07 Å². The van der Waals surface area contributed by atoms with Crippen LogP contribution >= 0.6 is 0 Å². The van der Waals surface area contributed by atoms with E-state index in [9.17, 15) is 9.59 Å². The Balaban J connectivity index is 2.87. The predicted molar refractivity (Wildman–Crippen MR) is 63.4 cm³/mol. The lowest BCUT2D eigenvalue weighted by Crippen LogP contribution is -2.17. The predicted octanol–water partition coefficient (Wildman–Crippen LogP) is 2.65. The quantitative estimate of drug-likeness (QED) is 0.844. The minimum atomic E-state index is -1.08. The number of hydrogen-bond acceptors (Lipinski definition) is 3. The third-order valence-electron chi connectivity index (χ3n) is 2.16. The second-order valence-corrected chi connectivity index (χ2v) is 3.56. The Morgan fingerprint density at radius 3 is 2.71 bits per heavy atom. The van der Waals surface area contributed by atoms with E-state index in [4.69, 9.17) is 9.84 Å². The van der Waals surface area contributed by atoms with Crippen molar-refractivity contribution in [1.29, 1.82) is 0 Å². The Morgan fingerprint density at radius 2 is 2.12 bits per heavy atom. The lowest BCUT2D eigenvalue weighted by atomic mass is 10.1. The van der Waals surface area contributed by atoms with E-state index in [2.05, 4.69) is 5.32 Å². The molecule has 1 aromatic carbocycles. The maximum Gasteiger partial charge on any atom is 0.411 e. The molecule has 0 saturated heterocycles. The molecule has 17 heavy (non-hydrogen) atoms. The minimum absolute atomic E-state index is 0.0842. The van der Waals surface area contributed by atoms with Crippen molar-refractivity contribution < 1.29 is 19.4 Å². The fraction of sp³-hybridized carbons (Fsp3) is 0.333. The van der Waals surface area contributed by atoms with Crippen molar-refractivity contribution in [2.75, 3.05) is 11.9 Å². The molecule has 0 unspecified atom stereocenters. The van der Waals surface area contributed by atoms with E-state index in [-0.39, 0.29) is 11.3 Å². The highest BCUT2D eigenvalue weighted by Gasteiger charge is 2.14. The van der Waals surface area contributed by atoms with E-state index < -0.39 is 12.1 Å². The number of hydrogen-bond donors (Lipinski definition) is 2. The molecular weight excluding hydrogens is 222 g/mol. The molecule has 5 nitrogen and oxygen atoms in total. The second kappa shape index (κ2) is 5.89. The lowest BCUT2D eigenvalue weighted by Gasteiger charge is -2.10. The number of carbonyl (C=O) groups is 2. The van der Waals surface area contributed by atoms with Crippen molar-refractivity contribution in [1.82, 2.24) is 0 Å². The van der Waals surface area contributed by atoms with Crippen LogP contribution in [0.2, 0.25) is 0 Å². The van der Waals surface area contributed by atoms with Gasteiger partial charge in [0.25, 0.3) is 0 Å². The van der Waals surface area contributed by atoms with Crippen LogP contribution in [-0.2, 0) is 4.74 Å². The maximum atomic E-state index is 11.3. The number of carbonyl (C=O) groups excluding carboxylic acids is 1. The highest BCUT2D eigenvalue weighted by Crippen LogP contribution is 2.19. The summed E-state index contributed by atoms with van der Waals surface area (Å²) in [6.45, 7) is 3.86. The van der Waals surface area contributed by atoms with Gasteiger partial charge in [-0.3, -0.25) is 5.32 Å². The van der Waals surface area contributed by atoms with Gasteiger partial charge < -0.3 is 9.84 Å². The Labute approximate surface area is 99.4 Å². The molecule has 5 heteroatoms. The molecule has 1 amide bonds. The fourth-order valence-electron chi connectivity index (χ4n) is 1.40. The first-order chi connectivity index (χ1) is 8.06. The topological polar surface area (TPSA) is 75.6 Å². The molecule has 0 fully saturated rings. The summed E-state index contributed by atoms with van der Waals surface area (Å²) < 4.78 is 4.83. The molecule has 2 N–H and O–H groups in total. The van der Waals surface area contributed by atoms with E-state index in [1.807, 2.05) is 6.92 Å². The molecule has 0 spiro atoms. The number of ether oxygens (including phenoxy) is 1. The van der Waals surface area contributed by atoms with Crippen molar-refractivity contribution in [2.24, 2.45) is 0 Å². The molecule has 0 atom stereocenters. The van der Waals surface area contributed by atoms with E-state index in [0.29, 0.717) is 18.6 Å². The maximum absolute atomic E-state index is 11.3. The molecule has 0 aromatic heterocycles. The zero-order chi connectivity index (χ0) is 12.8. The average Bonchev–Trinajstić information content (AvgIpc) is 2.25. The number of amides is 1. The summed E-state index contributed by atoms with van der Waals surface area (Å²) in [6, 6.07) is 4.88. The molecular formula is C12H15NO4. The number of nitrogens with one attached hydrogen (secondary N) is 1. The molecule has 0 heterocycles. The van der Waals surface area contributed by atoms with Gasteiger partial charge in [0.05, 0.1) is 17.9 Å². The van der Waals surface area contributed by atoms with Gasteiger partial charge in [-0.2, -0.15) is 0 Å². The number of aromatic carboxylic acids is 1. The summed E-state index contributed by atoms with van der Waals surface area (Å²) in [7, 11) is 0. The summed E-state index contributed by atoms with van der Waals surface area (Å²) in [5, 5.41) is 11.5. The fourth-order valence-corrected chi connectivity index (χ4v) is 1.40. The van der Waals surface area contributed by atoms with Crippen LogP contribution in [0.15, 0.2) is 18.2 Å². The van der Waals surface area contributed by atoms with Gasteiger partial charge in [-0.05, 0) is 25.0 Å². The first-order valence-corrected chi connectivity index (χ1v) is 5.33. The van der Waals surface area contributed by atoms with Crippen LogP contribution in [0.4, 0.5) is 10.5 Å². The van der Waals surface area contributed by atoms with Gasteiger partial charge in [0.2, 0.25) is 0 Å². The number of carboxylic acid groups (broad SMARTS) is 1. The Kier molecular flexibility index (Phi) is 4.51. The molecule has 1 aromatic rings. The molecule has 0 aliphatic carbocycles. The largest absolute Gasteiger partial charge is 0.478 e. The third-order valence-corrected chi connectivity index (χ3v) is 2.16. The van der Waals surface area contributed by atoms with Gasteiger partial charge in [-0.15, -0.1) is 0 Å². The zero-order valence-corrected chi connectivity index (χ0v) is 9.82. The second-order valence-electron chi connectivity index (χ2n) is 3.56. The number of rotatable bonds is 4. The summed E-state index contributed by atoms with van der Waals surface area (Å²) >= 11 is 0. The standard InChI is InChI=1S/C12H15NO4/c1-3-7-17-12(16)13-9-6-4-5-8(2)10(9)11(14)15/h4-6H,3,7H2,1-2H3,(H,13,16)(H,14,15). The number of benzene rings is 1. The summed E-state index contributed by atoms with van der Waals surface area (Å²) in [5.41, 5.74) is 0.922. The van der Waals surface area contributed by atoms with Crippen molar-refractivity contribution >= 4 is 17.7 Å². The Morgan fingerprint density at radius 1 is 1.41 bits per heavy atom. The van der Waals surface area contributed by atoms with Crippen LogP contribution < -0.4 is 5.32 Å². The molecule has 0 saturated carbocycles. The average molecular weight is 237 g/mol. The van der Waals surface area contributed by atoms with Gasteiger partial charge in [0.15, 0.2) is 0 Å². The molecule has 0 aliphatic rings. The lowest BCUT2D eigenvalue weighted by molar-refractivity contribution is 0.0697. The van der Waals surface area contributed by atoms with Crippen LogP contribution in [0.3, 0.4) is 0 Å². The minimum Gasteiger partial charge on any atom is -0.478 e. The highest BCUT2D eigenvalue weighted by atomic mass is 16.5. The summed E-state index contributed by atoms with van der Waals surface area (Å²) in [4.78, 5) is 22.4. The first kappa shape index (κ1) is 13.0. The van der Waals surface area contributed by atoms with Crippen LogP contribution in [-0.4, -0.2) is 23.8 Å². The van der Waals surface area contributed by atoms with Crippen molar-refractivity contribution in [3.63, 3.8) is 0 Å². The Hall–Kier alpha value is -2.04. The molecule has 0 bridgehead atoms. The van der Waals surface area contributed by atoms with Gasteiger partial charge in [-0.1, -0.05) is 19.1 Å². The SMILES string of the molecule is CCCOC(=O)Nc1cccc(C)c1C(=O)O. The first-order valence-electron chi connectivity index (χ1n) is 5.33. The monoisotopic (exact) mass is 237 g/mol. The molecule has 0 aliphatic heterocycles. The van der Waals surface area contributed by atoms with Gasteiger partial charge in [-0.25, -0.2) is 9.59 Å². The van der Waals surface area contributed by atoms with Crippen molar-refractivity contribution in [3.8, 4) is 0 Å². The van der Waals surface area contributed by atoms with Crippen LogP contribution in [0.5, 0.6) is 0 Å². The Bertz CT molecular complexity index is 429. The van der Waals surface area contributed by atoms with E-state index in [1.54, 1.807) is 19.1 Å². The molecule has 92 valence electrons. The summed E-state index contributed by atoms with van der Waals surface area (Å²) in [5.74, 6) is -1.08. The van der Waals surface area contributed by atoms with Crippen molar-refractivity contribution in [3.05, 3.63) is 29.3 Å². The van der Waals surface area contributed by atoms with Gasteiger partial charge in [0.1, 0.15) is 0 Å². The third kappa shape index (κ3) is 3.48. The van der Waals surface area contributed by atoms with Gasteiger partial charge >= 0.3 is 12.1 Å². The molecule has 1 rings (SSSR count).